The lowest BCUT2D eigenvalue weighted by molar-refractivity contribution is 0.0940. The van der Waals surface area contributed by atoms with E-state index in [0.29, 0.717) is 5.75 Å². The smallest absolute Gasteiger partial charge is 0.255 e. The summed E-state index contributed by atoms with van der Waals surface area (Å²) in [7, 11) is -2.37. The number of hydrogen-bond acceptors (Lipinski definition) is 4. The van der Waals surface area contributed by atoms with Crippen LogP contribution in [0.3, 0.4) is 0 Å². The van der Waals surface area contributed by atoms with Crippen LogP contribution in [0.15, 0.2) is 47.4 Å². The van der Waals surface area contributed by atoms with Crippen LogP contribution in [0.4, 0.5) is 0 Å². The maximum Gasteiger partial charge on any atom is 0.255 e. The Balaban J connectivity index is 2.32. The van der Waals surface area contributed by atoms with Gasteiger partial charge in [0, 0.05) is 12.1 Å². The van der Waals surface area contributed by atoms with Gasteiger partial charge in [-0.15, -0.1) is 0 Å². The van der Waals surface area contributed by atoms with E-state index in [1.54, 1.807) is 6.92 Å². The standard InChI is InChI=1S/C20H26N2O4S/c1-13(2)21-20(23)18-12-17(10-11-19(18)26-5)27(24,25)22-15(4)16-8-6-14(3)7-9-16/h6-13,15,22H,1-5H3,(H,21,23)/t15-/m0/s1. The molecular formula is C20H26N2O4S. The summed E-state index contributed by atoms with van der Waals surface area (Å²) in [6.45, 7) is 7.41. The predicted octanol–water partition coefficient (Wildman–Crippen LogP) is 3.18. The molecule has 0 aliphatic rings. The zero-order valence-electron chi connectivity index (χ0n) is 16.2. The van der Waals surface area contributed by atoms with E-state index < -0.39 is 16.1 Å². The molecule has 0 bridgehead atoms. The number of methoxy groups -OCH3 is 1. The summed E-state index contributed by atoms with van der Waals surface area (Å²) in [6, 6.07) is 11.4. The van der Waals surface area contributed by atoms with Crippen molar-refractivity contribution < 1.29 is 17.9 Å². The molecule has 0 aliphatic heterocycles. The normalized spacial score (nSPS) is 12.7. The van der Waals surface area contributed by atoms with E-state index in [4.69, 9.17) is 4.74 Å². The van der Waals surface area contributed by atoms with Gasteiger partial charge in [-0.1, -0.05) is 29.8 Å². The van der Waals surface area contributed by atoms with Crippen molar-refractivity contribution in [2.24, 2.45) is 0 Å². The molecule has 2 aromatic rings. The molecule has 0 unspecified atom stereocenters. The van der Waals surface area contributed by atoms with E-state index in [1.807, 2.05) is 45.0 Å². The van der Waals surface area contributed by atoms with Crippen LogP contribution >= 0.6 is 0 Å². The topological polar surface area (TPSA) is 84.5 Å². The molecule has 1 amide bonds. The van der Waals surface area contributed by atoms with Crippen molar-refractivity contribution in [1.82, 2.24) is 10.0 Å². The SMILES string of the molecule is COc1ccc(S(=O)(=O)N[C@@H](C)c2ccc(C)cc2)cc1C(=O)NC(C)C. The number of nitrogens with one attached hydrogen (secondary N) is 2. The number of ether oxygens (including phenoxy) is 1. The summed E-state index contributed by atoms with van der Waals surface area (Å²) in [5.41, 5.74) is 2.14. The molecule has 6 nitrogen and oxygen atoms in total. The van der Waals surface area contributed by atoms with Crippen LogP contribution in [0.5, 0.6) is 5.75 Å². The van der Waals surface area contributed by atoms with Gasteiger partial charge in [0.1, 0.15) is 5.75 Å². The maximum absolute atomic E-state index is 12.8. The van der Waals surface area contributed by atoms with Gasteiger partial charge in [0.25, 0.3) is 5.91 Å². The summed E-state index contributed by atoms with van der Waals surface area (Å²) in [5.74, 6) is -0.0656. The summed E-state index contributed by atoms with van der Waals surface area (Å²) >= 11 is 0. The Kier molecular flexibility index (Phi) is 6.62. The highest BCUT2D eigenvalue weighted by atomic mass is 32.2. The molecular weight excluding hydrogens is 364 g/mol. The van der Waals surface area contributed by atoms with Gasteiger partial charge in [-0.3, -0.25) is 4.79 Å². The Bertz CT molecular complexity index is 906. The van der Waals surface area contributed by atoms with E-state index in [-0.39, 0.29) is 22.4 Å². The number of benzene rings is 2. The third kappa shape index (κ3) is 5.30. The molecule has 0 spiro atoms. The second-order valence-corrected chi connectivity index (χ2v) is 8.46. The van der Waals surface area contributed by atoms with Crippen LogP contribution in [0, 0.1) is 6.92 Å². The molecule has 0 aromatic heterocycles. The van der Waals surface area contributed by atoms with Crippen LogP contribution in [0.2, 0.25) is 0 Å². The van der Waals surface area contributed by atoms with Crippen LogP contribution in [-0.2, 0) is 10.0 Å². The van der Waals surface area contributed by atoms with Crippen molar-refractivity contribution in [2.45, 2.75) is 44.7 Å². The van der Waals surface area contributed by atoms with Gasteiger partial charge in [0.15, 0.2) is 0 Å². The highest BCUT2D eigenvalue weighted by molar-refractivity contribution is 7.89. The van der Waals surface area contributed by atoms with Crippen molar-refractivity contribution in [3.05, 3.63) is 59.2 Å². The van der Waals surface area contributed by atoms with E-state index >= 15 is 0 Å². The monoisotopic (exact) mass is 390 g/mol. The molecule has 27 heavy (non-hydrogen) atoms. The number of carbonyl (C=O) groups is 1. The second-order valence-electron chi connectivity index (χ2n) is 6.74. The number of sulfonamides is 1. The second kappa shape index (κ2) is 8.54. The molecule has 0 fully saturated rings. The van der Waals surface area contributed by atoms with Gasteiger partial charge in [-0.05, 0) is 51.5 Å². The fourth-order valence-electron chi connectivity index (χ4n) is 2.60. The van der Waals surface area contributed by atoms with Gasteiger partial charge in [-0.25, -0.2) is 13.1 Å². The molecule has 2 aromatic carbocycles. The predicted molar refractivity (Wildman–Crippen MR) is 106 cm³/mol. The first-order valence-corrected chi connectivity index (χ1v) is 10.2. The average molecular weight is 391 g/mol. The van der Waals surface area contributed by atoms with Crippen LogP contribution < -0.4 is 14.8 Å². The van der Waals surface area contributed by atoms with E-state index in [9.17, 15) is 13.2 Å². The molecule has 2 rings (SSSR count). The number of carbonyl (C=O) groups excluding carboxylic acids is 1. The van der Waals surface area contributed by atoms with Crippen LogP contribution in [0.1, 0.15) is 48.3 Å². The molecule has 2 N–H and O–H groups in total. The van der Waals surface area contributed by atoms with Gasteiger partial charge < -0.3 is 10.1 Å². The first-order valence-electron chi connectivity index (χ1n) is 8.72. The highest BCUT2D eigenvalue weighted by Crippen LogP contribution is 2.24. The minimum atomic E-state index is -3.81. The Morgan fingerprint density at radius 2 is 1.67 bits per heavy atom. The van der Waals surface area contributed by atoms with Gasteiger partial charge in [0.05, 0.1) is 17.6 Å². The molecule has 0 aliphatic carbocycles. The molecule has 0 saturated carbocycles. The van der Waals surface area contributed by atoms with Crippen LogP contribution in [0.25, 0.3) is 0 Å². The zero-order valence-corrected chi connectivity index (χ0v) is 17.1. The molecule has 0 heterocycles. The van der Waals surface area contributed by atoms with Crippen molar-refractivity contribution in [3.63, 3.8) is 0 Å². The van der Waals surface area contributed by atoms with Gasteiger partial charge in [0.2, 0.25) is 10.0 Å². The highest BCUT2D eigenvalue weighted by Gasteiger charge is 2.22. The van der Waals surface area contributed by atoms with Crippen molar-refractivity contribution >= 4 is 15.9 Å². The largest absolute Gasteiger partial charge is 0.496 e. The fourth-order valence-corrected chi connectivity index (χ4v) is 3.85. The fraction of sp³-hybridized carbons (Fsp3) is 0.350. The lowest BCUT2D eigenvalue weighted by atomic mass is 10.1. The minimum Gasteiger partial charge on any atom is -0.496 e. The number of aryl methyl sites for hydroxylation is 1. The Morgan fingerprint density at radius 1 is 1.04 bits per heavy atom. The quantitative estimate of drug-likeness (QED) is 0.760. The Hall–Kier alpha value is -2.38. The molecule has 0 saturated heterocycles. The molecule has 7 heteroatoms. The third-order valence-electron chi connectivity index (χ3n) is 4.05. The lowest BCUT2D eigenvalue weighted by Crippen LogP contribution is -2.31. The molecule has 146 valence electrons. The van der Waals surface area contributed by atoms with E-state index in [0.717, 1.165) is 11.1 Å². The van der Waals surface area contributed by atoms with Crippen molar-refractivity contribution in [3.8, 4) is 5.75 Å². The maximum atomic E-state index is 12.8. The summed E-state index contributed by atoms with van der Waals surface area (Å²) in [4.78, 5) is 12.4. The van der Waals surface area contributed by atoms with Gasteiger partial charge >= 0.3 is 0 Å². The first-order chi connectivity index (χ1) is 12.6. The summed E-state index contributed by atoms with van der Waals surface area (Å²) in [5, 5.41) is 2.75. The Morgan fingerprint density at radius 3 is 2.22 bits per heavy atom. The first kappa shape index (κ1) is 20.9. The van der Waals surface area contributed by atoms with Gasteiger partial charge in [-0.2, -0.15) is 0 Å². The molecule has 0 radical (unpaired) electrons. The third-order valence-corrected chi connectivity index (χ3v) is 5.59. The molecule has 1 atom stereocenters. The number of hydrogen-bond donors (Lipinski definition) is 2. The average Bonchev–Trinajstić information content (AvgIpc) is 2.60. The van der Waals surface area contributed by atoms with Crippen molar-refractivity contribution in [2.75, 3.05) is 7.11 Å². The Labute approximate surface area is 161 Å². The summed E-state index contributed by atoms with van der Waals surface area (Å²) < 4.78 is 33.4. The van der Waals surface area contributed by atoms with Crippen LogP contribution in [-0.4, -0.2) is 27.5 Å². The van der Waals surface area contributed by atoms with E-state index in [2.05, 4.69) is 10.0 Å². The number of rotatable bonds is 7. The number of amides is 1. The zero-order chi connectivity index (χ0) is 20.2. The lowest BCUT2D eigenvalue weighted by Gasteiger charge is -2.17. The van der Waals surface area contributed by atoms with Crippen molar-refractivity contribution in [1.29, 1.82) is 0 Å². The summed E-state index contributed by atoms with van der Waals surface area (Å²) in [6.07, 6.45) is 0. The van der Waals surface area contributed by atoms with E-state index in [1.165, 1.54) is 25.3 Å². The minimum absolute atomic E-state index is 0.0103.